The molecule has 0 aliphatic heterocycles. The van der Waals surface area contributed by atoms with Crippen LogP contribution < -0.4 is 0 Å². The highest BCUT2D eigenvalue weighted by molar-refractivity contribution is 5.82. The van der Waals surface area contributed by atoms with Crippen molar-refractivity contribution in [3.8, 4) is 0 Å². The van der Waals surface area contributed by atoms with Crippen LogP contribution in [-0.4, -0.2) is 0 Å². The van der Waals surface area contributed by atoms with Crippen molar-refractivity contribution in [2.45, 2.75) is 6.92 Å². The van der Waals surface area contributed by atoms with E-state index in [4.69, 9.17) is 4.42 Å². The van der Waals surface area contributed by atoms with E-state index in [-0.39, 0.29) is 5.82 Å². The van der Waals surface area contributed by atoms with Gasteiger partial charge in [-0.15, -0.1) is 0 Å². The Morgan fingerprint density at radius 2 is 2.23 bits per heavy atom. The molecule has 0 spiro atoms. The van der Waals surface area contributed by atoms with Crippen LogP contribution in [0.5, 0.6) is 0 Å². The van der Waals surface area contributed by atoms with Crippen molar-refractivity contribution in [3.05, 3.63) is 42.4 Å². The van der Waals surface area contributed by atoms with Crippen molar-refractivity contribution in [1.29, 1.82) is 0 Å². The van der Waals surface area contributed by atoms with E-state index in [2.05, 4.69) is 6.58 Å². The first-order chi connectivity index (χ1) is 6.18. The SMILES string of the molecule is C=C(C)c1cc(F)c2occc2c1. The lowest BCUT2D eigenvalue weighted by atomic mass is 10.1. The molecular weight excluding hydrogens is 167 g/mol. The van der Waals surface area contributed by atoms with E-state index in [0.29, 0.717) is 5.58 Å². The molecule has 0 aliphatic rings. The average Bonchev–Trinajstić information content (AvgIpc) is 2.51. The molecule has 0 aliphatic carbocycles. The summed E-state index contributed by atoms with van der Waals surface area (Å²) in [7, 11) is 0. The van der Waals surface area contributed by atoms with Gasteiger partial charge in [0.25, 0.3) is 0 Å². The standard InChI is InChI=1S/C11H9FO/c1-7(2)9-5-8-3-4-13-11(8)10(12)6-9/h3-6H,1H2,2H3. The molecule has 13 heavy (non-hydrogen) atoms. The van der Waals surface area contributed by atoms with E-state index < -0.39 is 0 Å². The topological polar surface area (TPSA) is 13.1 Å². The zero-order valence-electron chi connectivity index (χ0n) is 7.30. The Balaban J connectivity index is 2.77. The minimum Gasteiger partial charge on any atom is -0.461 e. The lowest BCUT2D eigenvalue weighted by molar-refractivity contribution is 0.560. The molecule has 0 unspecified atom stereocenters. The Morgan fingerprint density at radius 3 is 2.92 bits per heavy atom. The molecule has 0 fully saturated rings. The van der Waals surface area contributed by atoms with Crippen LogP contribution in [0.15, 0.2) is 35.5 Å². The zero-order chi connectivity index (χ0) is 9.42. The fourth-order valence-electron chi connectivity index (χ4n) is 1.28. The molecule has 0 N–H and O–H groups in total. The van der Waals surface area contributed by atoms with Crippen LogP contribution in [0, 0.1) is 5.82 Å². The van der Waals surface area contributed by atoms with Crippen LogP contribution in [0.2, 0.25) is 0 Å². The smallest absolute Gasteiger partial charge is 0.169 e. The van der Waals surface area contributed by atoms with Crippen molar-refractivity contribution in [2.24, 2.45) is 0 Å². The molecule has 0 saturated carbocycles. The van der Waals surface area contributed by atoms with Crippen LogP contribution in [0.4, 0.5) is 4.39 Å². The monoisotopic (exact) mass is 176 g/mol. The van der Waals surface area contributed by atoms with Gasteiger partial charge in [-0.2, -0.15) is 0 Å². The summed E-state index contributed by atoms with van der Waals surface area (Å²) in [4.78, 5) is 0. The molecule has 2 rings (SSSR count). The number of furan rings is 1. The Labute approximate surface area is 75.5 Å². The van der Waals surface area contributed by atoms with Crippen LogP contribution in [0.3, 0.4) is 0 Å². The maximum Gasteiger partial charge on any atom is 0.169 e. The predicted octanol–water partition coefficient (Wildman–Crippen LogP) is 3.61. The van der Waals surface area contributed by atoms with Crippen molar-refractivity contribution in [1.82, 2.24) is 0 Å². The third kappa shape index (κ3) is 1.24. The molecule has 0 atom stereocenters. The third-order valence-electron chi connectivity index (χ3n) is 2.00. The van der Waals surface area contributed by atoms with E-state index in [1.165, 1.54) is 12.3 Å². The molecule has 1 aromatic carbocycles. The first kappa shape index (κ1) is 8.05. The Morgan fingerprint density at radius 1 is 1.46 bits per heavy atom. The number of hydrogen-bond acceptors (Lipinski definition) is 1. The average molecular weight is 176 g/mol. The van der Waals surface area contributed by atoms with Gasteiger partial charge in [0.05, 0.1) is 6.26 Å². The van der Waals surface area contributed by atoms with E-state index in [1.54, 1.807) is 6.07 Å². The molecule has 0 radical (unpaired) electrons. The first-order valence-corrected chi connectivity index (χ1v) is 4.01. The lowest BCUT2D eigenvalue weighted by Crippen LogP contribution is -1.81. The molecule has 0 bridgehead atoms. The molecule has 2 heteroatoms. The Bertz CT molecular complexity index is 468. The second kappa shape index (κ2) is 2.73. The summed E-state index contributed by atoms with van der Waals surface area (Å²) in [5.74, 6) is -0.333. The number of benzene rings is 1. The van der Waals surface area contributed by atoms with Crippen molar-refractivity contribution >= 4 is 16.5 Å². The number of fused-ring (bicyclic) bond motifs is 1. The van der Waals surface area contributed by atoms with Gasteiger partial charge in [-0.05, 0) is 30.7 Å². The highest BCUT2D eigenvalue weighted by atomic mass is 19.1. The van der Waals surface area contributed by atoms with Gasteiger partial charge >= 0.3 is 0 Å². The normalized spacial score (nSPS) is 10.6. The number of hydrogen-bond donors (Lipinski definition) is 0. The molecule has 2 aromatic rings. The summed E-state index contributed by atoms with van der Waals surface area (Å²) in [5, 5.41) is 0.776. The molecule has 1 aromatic heterocycles. The second-order valence-electron chi connectivity index (χ2n) is 3.08. The summed E-state index contributed by atoms with van der Waals surface area (Å²) in [6.07, 6.45) is 1.48. The van der Waals surface area contributed by atoms with Gasteiger partial charge in [-0.1, -0.05) is 12.2 Å². The quantitative estimate of drug-likeness (QED) is 0.647. The van der Waals surface area contributed by atoms with E-state index in [0.717, 1.165) is 16.5 Å². The van der Waals surface area contributed by atoms with Crippen LogP contribution in [0.1, 0.15) is 12.5 Å². The maximum absolute atomic E-state index is 13.3. The van der Waals surface area contributed by atoms with Crippen molar-refractivity contribution in [2.75, 3.05) is 0 Å². The van der Waals surface area contributed by atoms with Gasteiger partial charge in [0.1, 0.15) is 0 Å². The predicted molar refractivity (Wildman–Crippen MR) is 50.9 cm³/mol. The summed E-state index contributed by atoms with van der Waals surface area (Å²) < 4.78 is 18.3. The van der Waals surface area contributed by atoms with Gasteiger partial charge in [0, 0.05) is 5.39 Å². The van der Waals surface area contributed by atoms with Gasteiger partial charge in [-0.3, -0.25) is 0 Å². The molecule has 0 amide bonds. The number of halogens is 1. The van der Waals surface area contributed by atoms with Crippen LogP contribution in [-0.2, 0) is 0 Å². The van der Waals surface area contributed by atoms with Crippen molar-refractivity contribution < 1.29 is 8.81 Å². The lowest BCUT2D eigenvalue weighted by Gasteiger charge is -1.99. The molecule has 66 valence electrons. The molecule has 1 heterocycles. The zero-order valence-corrected chi connectivity index (χ0v) is 7.30. The molecule has 1 nitrogen and oxygen atoms in total. The molecular formula is C11H9FO. The van der Waals surface area contributed by atoms with Crippen LogP contribution >= 0.6 is 0 Å². The summed E-state index contributed by atoms with van der Waals surface area (Å²) >= 11 is 0. The van der Waals surface area contributed by atoms with E-state index >= 15 is 0 Å². The van der Waals surface area contributed by atoms with Gasteiger partial charge < -0.3 is 4.42 Å². The Kier molecular flexibility index (Phi) is 1.69. The fraction of sp³-hybridized carbons (Fsp3) is 0.0909. The largest absolute Gasteiger partial charge is 0.461 e. The summed E-state index contributed by atoms with van der Waals surface area (Å²) in [6, 6.07) is 5.04. The van der Waals surface area contributed by atoms with E-state index in [1.807, 2.05) is 13.0 Å². The molecule has 0 saturated heterocycles. The van der Waals surface area contributed by atoms with Gasteiger partial charge in [0.15, 0.2) is 11.4 Å². The minimum atomic E-state index is -0.333. The fourth-order valence-corrected chi connectivity index (χ4v) is 1.28. The first-order valence-electron chi connectivity index (χ1n) is 4.01. The highest BCUT2D eigenvalue weighted by Gasteiger charge is 2.06. The number of allylic oxidation sites excluding steroid dienone is 1. The summed E-state index contributed by atoms with van der Waals surface area (Å²) in [6.45, 7) is 5.61. The number of rotatable bonds is 1. The third-order valence-corrected chi connectivity index (χ3v) is 2.00. The maximum atomic E-state index is 13.3. The summed E-state index contributed by atoms with van der Waals surface area (Å²) in [5.41, 5.74) is 1.97. The van der Waals surface area contributed by atoms with Gasteiger partial charge in [-0.25, -0.2) is 4.39 Å². The van der Waals surface area contributed by atoms with Crippen molar-refractivity contribution in [3.63, 3.8) is 0 Å². The Hall–Kier alpha value is -1.57. The highest BCUT2D eigenvalue weighted by Crippen LogP contribution is 2.23. The van der Waals surface area contributed by atoms with E-state index in [9.17, 15) is 4.39 Å². The van der Waals surface area contributed by atoms with Gasteiger partial charge in [0.2, 0.25) is 0 Å². The second-order valence-corrected chi connectivity index (χ2v) is 3.08. The van der Waals surface area contributed by atoms with Crippen LogP contribution in [0.25, 0.3) is 16.5 Å². The minimum absolute atomic E-state index is 0.310.